The van der Waals surface area contributed by atoms with Crippen LogP contribution in [-0.4, -0.2) is 88.5 Å². The number of hydrogen-bond donors (Lipinski definition) is 0. The highest BCUT2D eigenvalue weighted by Crippen LogP contribution is 2.73. The number of aromatic nitrogens is 5. The number of rotatable bonds is 5. The molecule has 0 bridgehead atoms. The number of nitrogens with zero attached hydrogens (tertiary/aromatic N) is 5. The molecule has 25 rings (SSSR count). The van der Waals surface area contributed by atoms with Gasteiger partial charge in [-0.2, -0.15) is 0 Å². The van der Waals surface area contributed by atoms with Crippen molar-refractivity contribution in [3.05, 3.63) is 179 Å². The Morgan fingerprint density at radius 3 is 0.667 bits per heavy atom. The molecule has 5 saturated heterocycles. The van der Waals surface area contributed by atoms with Crippen LogP contribution in [0.1, 0.15) is 344 Å². The normalized spacial score (nSPS) is 44.9. The van der Waals surface area contributed by atoms with Crippen LogP contribution in [0.25, 0.3) is 27.9 Å². The van der Waals surface area contributed by atoms with Crippen molar-refractivity contribution in [3.8, 4) is 0 Å². The summed E-state index contributed by atoms with van der Waals surface area (Å²) in [5.41, 5.74) is 23.7. The highest BCUT2D eigenvalue weighted by Gasteiger charge is 2.66. The van der Waals surface area contributed by atoms with Gasteiger partial charge in [-0.3, -0.25) is 24.9 Å². The van der Waals surface area contributed by atoms with Crippen molar-refractivity contribution >= 4 is 27.9 Å². The molecule has 10 saturated carbocycles. The maximum Gasteiger partial charge on any atom is 0.0631 e. The third-order valence-electron chi connectivity index (χ3n) is 43.4. The number of pyridine rings is 5. The lowest BCUT2D eigenvalue weighted by atomic mass is 9.47. The molecule has 5 aromatic heterocycles. The summed E-state index contributed by atoms with van der Waals surface area (Å²) in [5, 5.41) is 0. The zero-order chi connectivity index (χ0) is 88.8. The van der Waals surface area contributed by atoms with Crippen molar-refractivity contribution in [2.45, 2.75) is 352 Å². The molecule has 0 radical (unpaired) electrons. The number of aryl methyl sites for hydroxylation is 4. The first-order valence-corrected chi connectivity index (χ1v) is 53.4. The van der Waals surface area contributed by atoms with Crippen LogP contribution in [0, 0.1) is 171 Å². The SMILES string of the molecule is C[C@]12CCCOC1CC[C@@H]1[C@@H]2CC[C@]2(C)C(c3cccnc3)=CC[C@@H]12.Cc1cncc(C2=CC[C@H]3[C@@H]4CC[C@@H]5OCCC[C@]5(C)[C@H]4CC[C@]23C)c1.Cc1cncc(C2=CC[C@H]3[C@@H]4CC[C@@H]5OCCC[C@]5(C)[C@H]4CC[C@]23C)c1.Cc1cncc(C2=CC[C@H]3[C@@H]4CC[C@H]5OCCC[C@]5(C)[C@H]4CC[C@]23C)c1.Cc1cncc(C2=CC[C@H]3[C@@H]4CC[C@H]5OCCC[C@]5(C)[C@H]4CC[C@]23C)c1. The lowest BCUT2D eigenvalue weighted by molar-refractivity contribution is -0.168. The van der Waals surface area contributed by atoms with Gasteiger partial charge in [-0.25, -0.2) is 0 Å². The summed E-state index contributed by atoms with van der Waals surface area (Å²) in [4.78, 5) is 22.3. The largest absolute Gasteiger partial charge is 0.378 e. The first-order chi connectivity index (χ1) is 62.2. The molecule has 20 aliphatic rings. The van der Waals surface area contributed by atoms with Gasteiger partial charge < -0.3 is 23.7 Å². The lowest BCUT2D eigenvalue weighted by Gasteiger charge is -2.59. The van der Waals surface area contributed by atoms with Crippen LogP contribution < -0.4 is 0 Å². The molecule has 15 aliphatic carbocycles. The zero-order valence-corrected chi connectivity index (χ0v) is 82.2. The van der Waals surface area contributed by atoms with Crippen molar-refractivity contribution < 1.29 is 23.7 Å². The maximum atomic E-state index is 6.25. The molecule has 5 aromatic rings. The molecule has 10 heteroatoms. The predicted molar refractivity (Wildman–Crippen MR) is 524 cm³/mol. The summed E-state index contributed by atoms with van der Waals surface area (Å²) in [6.45, 7) is 39.2. The molecule has 694 valence electrons. The Labute approximate surface area is 778 Å². The van der Waals surface area contributed by atoms with E-state index in [1.54, 1.807) is 27.9 Å². The van der Waals surface area contributed by atoms with E-state index in [0.717, 1.165) is 122 Å². The number of ether oxygens (including phenoxy) is 5. The zero-order valence-electron chi connectivity index (χ0n) is 82.2. The quantitative estimate of drug-likeness (QED) is 0.169. The van der Waals surface area contributed by atoms with E-state index < -0.39 is 0 Å². The Morgan fingerprint density at radius 2 is 0.457 bits per heavy atom. The summed E-state index contributed by atoms with van der Waals surface area (Å²) in [6.07, 6.45) is 82.0. The van der Waals surface area contributed by atoms with Gasteiger partial charge in [0.1, 0.15) is 0 Å². The van der Waals surface area contributed by atoms with E-state index in [1.807, 2.05) is 31.0 Å². The number of fused-ring (bicyclic) bond motifs is 25. The Balaban J connectivity index is 0.0000000978. The second-order valence-electron chi connectivity index (χ2n) is 49.4. The minimum atomic E-state index is 0.343. The summed E-state index contributed by atoms with van der Waals surface area (Å²) in [5.74, 6) is 12.8. The lowest BCUT2D eigenvalue weighted by Crippen LogP contribution is -2.55. The van der Waals surface area contributed by atoms with Crippen LogP contribution in [-0.2, 0) is 23.7 Å². The molecule has 0 N–H and O–H groups in total. The van der Waals surface area contributed by atoms with Crippen molar-refractivity contribution in [1.82, 2.24) is 24.9 Å². The van der Waals surface area contributed by atoms with Crippen LogP contribution in [0.4, 0.5) is 0 Å². The van der Waals surface area contributed by atoms with Gasteiger partial charge in [-0.15, -0.1) is 0 Å². The van der Waals surface area contributed by atoms with E-state index in [9.17, 15) is 0 Å². The average Bonchev–Trinajstić information content (AvgIpc) is 1.66. The molecule has 1 unspecified atom stereocenters. The van der Waals surface area contributed by atoms with Crippen LogP contribution in [0.3, 0.4) is 0 Å². The molecule has 129 heavy (non-hydrogen) atoms. The standard InChI is InChI=1S/4C24H33NO.C23H31NO/c4*1-16-13-17(15-25-14-16)19-6-7-20-18-5-8-22-24(3,10-4-12-26-22)21(18)9-11-23(19,20)2;1-22-12-10-20-17(6-9-21-23(20,2)11-4-14-25-21)19(22)8-7-18(22)16-5-3-13-24-15-16/h4*6,13-15,18,20-22H,4-5,7-12H2,1-3H3;3,5,7,13,15,17,19-21H,4,6,8-12,14H2,1-2H3/t2*18-,20-,21-,22+,23+,24+;2*18-,20-,21-,22-,23+,24+;17-,19-,20-,21?,22+,23+/m00000/s1. The van der Waals surface area contributed by atoms with Crippen molar-refractivity contribution in [2.75, 3.05) is 33.0 Å². The summed E-state index contributed by atoms with van der Waals surface area (Å²) in [6, 6.07) is 13.7. The van der Waals surface area contributed by atoms with E-state index in [2.05, 4.69) is 220 Å². The molecule has 0 amide bonds. The van der Waals surface area contributed by atoms with Gasteiger partial charge in [0.05, 0.1) is 30.5 Å². The van der Waals surface area contributed by atoms with Crippen molar-refractivity contribution in [1.29, 1.82) is 0 Å². The van der Waals surface area contributed by atoms with Crippen LogP contribution >= 0.6 is 0 Å². The van der Waals surface area contributed by atoms with E-state index in [0.29, 0.717) is 84.7 Å². The predicted octanol–water partition coefficient (Wildman–Crippen LogP) is 28.7. The van der Waals surface area contributed by atoms with Gasteiger partial charge in [-0.05, 0) is 504 Å². The maximum absolute atomic E-state index is 6.25. The third kappa shape index (κ3) is 15.1. The second kappa shape index (κ2) is 34.8. The highest BCUT2D eigenvalue weighted by atomic mass is 16.5. The van der Waals surface area contributed by atoms with E-state index in [-0.39, 0.29) is 0 Å². The van der Waals surface area contributed by atoms with Gasteiger partial charge in [0.25, 0.3) is 0 Å². The first kappa shape index (κ1) is 89.8. The van der Waals surface area contributed by atoms with Gasteiger partial charge in [0, 0.05) is 95.0 Å². The summed E-state index contributed by atoms with van der Waals surface area (Å²) >= 11 is 0. The Kier molecular flexibility index (Phi) is 24.2. The summed E-state index contributed by atoms with van der Waals surface area (Å²) < 4.78 is 31.3. The van der Waals surface area contributed by atoms with Crippen molar-refractivity contribution in [2.24, 2.45) is 143 Å². The third-order valence-corrected chi connectivity index (χ3v) is 43.4. The first-order valence-electron chi connectivity index (χ1n) is 53.4. The van der Waals surface area contributed by atoms with E-state index >= 15 is 0 Å². The smallest absolute Gasteiger partial charge is 0.0631 e. The minimum absolute atomic E-state index is 0.343. The van der Waals surface area contributed by atoms with Gasteiger partial charge in [-0.1, -0.05) is 106 Å². The van der Waals surface area contributed by atoms with Gasteiger partial charge in [0.2, 0.25) is 0 Å². The van der Waals surface area contributed by atoms with Crippen LogP contribution in [0.2, 0.25) is 0 Å². The van der Waals surface area contributed by atoms with Crippen molar-refractivity contribution in [3.63, 3.8) is 0 Å². The monoisotopic (exact) mass is 1740 g/mol. The number of allylic oxidation sites excluding steroid dienone is 10. The molecular weight excluding hydrogens is 1580 g/mol. The minimum Gasteiger partial charge on any atom is -0.378 e. The van der Waals surface area contributed by atoms with Gasteiger partial charge in [0.15, 0.2) is 0 Å². The fourth-order valence-corrected chi connectivity index (χ4v) is 37.0. The van der Waals surface area contributed by atoms with E-state index in [4.69, 9.17) is 23.7 Å². The summed E-state index contributed by atoms with van der Waals surface area (Å²) in [7, 11) is 0. The molecule has 10 heterocycles. The number of hydrogen-bond acceptors (Lipinski definition) is 10. The Hall–Kier alpha value is -5.75. The Bertz CT molecular complexity index is 4580. The second-order valence-corrected chi connectivity index (χ2v) is 49.4. The molecule has 0 spiro atoms. The molecule has 5 aliphatic heterocycles. The fraction of sp³-hybridized carbons (Fsp3) is 0.706. The fourth-order valence-electron chi connectivity index (χ4n) is 37.0. The van der Waals surface area contributed by atoms with Gasteiger partial charge >= 0.3 is 0 Å². The Morgan fingerprint density at radius 1 is 0.240 bits per heavy atom. The highest BCUT2D eigenvalue weighted by molar-refractivity contribution is 5.76. The topological polar surface area (TPSA) is 111 Å². The van der Waals surface area contributed by atoms with E-state index in [1.165, 1.54) is 275 Å². The molecule has 10 nitrogen and oxygen atoms in total. The molecular formula is C119H163N5O5. The molecule has 15 fully saturated rings. The van der Waals surface area contributed by atoms with Crippen LogP contribution in [0.15, 0.2) is 129 Å². The average molecular weight is 1740 g/mol. The van der Waals surface area contributed by atoms with Crippen LogP contribution in [0.5, 0.6) is 0 Å². The molecule has 30 atom stereocenters. The molecule has 0 aromatic carbocycles.